The number of halogens is 3. The number of rotatable bonds is 6. The van der Waals surface area contributed by atoms with Crippen LogP contribution in [0, 0.1) is 17.6 Å². The fourth-order valence-electron chi connectivity index (χ4n) is 4.28. The average molecular weight is 452 g/mol. The van der Waals surface area contributed by atoms with Crippen molar-refractivity contribution in [3.05, 3.63) is 59.7 Å². The van der Waals surface area contributed by atoms with Gasteiger partial charge in [0.15, 0.2) is 0 Å². The average Bonchev–Trinajstić information content (AvgIpc) is 3.40. The molecule has 0 bridgehead atoms. The summed E-state index contributed by atoms with van der Waals surface area (Å²) in [5.74, 6) is -2.15. The van der Waals surface area contributed by atoms with Crippen molar-refractivity contribution in [1.29, 1.82) is 0 Å². The van der Waals surface area contributed by atoms with Gasteiger partial charge in [0.2, 0.25) is 15.9 Å². The molecule has 1 amide bonds. The summed E-state index contributed by atoms with van der Waals surface area (Å²) >= 11 is 0. The highest BCUT2D eigenvalue weighted by Crippen LogP contribution is 2.52. The van der Waals surface area contributed by atoms with Gasteiger partial charge in [0.1, 0.15) is 17.3 Å². The molecule has 0 radical (unpaired) electrons. The zero-order valence-electron chi connectivity index (χ0n) is 16.9. The van der Waals surface area contributed by atoms with Gasteiger partial charge in [0.25, 0.3) is 0 Å². The minimum atomic E-state index is -3.53. The summed E-state index contributed by atoms with van der Waals surface area (Å²) in [5.41, 5.74) is -0.824. The van der Waals surface area contributed by atoms with Crippen molar-refractivity contribution in [1.82, 2.24) is 9.62 Å². The molecule has 2 aromatic carbocycles. The van der Waals surface area contributed by atoms with Crippen molar-refractivity contribution in [3.8, 4) is 11.1 Å². The summed E-state index contributed by atoms with van der Waals surface area (Å²) in [4.78, 5) is 14.4. The minimum Gasteiger partial charge on any atom is -0.339 e. The highest BCUT2D eigenvalue weighted by Gasteiger charge is 2.50. The fraction of sp³-hybridized carbons (Fsp3) is 0.409. The molecule has 166 valence electrons. The van der Waals surface area contributed by atoms with E-state index in [-0.39, 0.29) is 49.4 Å². The molecule has 2 fully saturated rings. The molecule has 1 saturated heterocycles. The van der Waals surface area contributed by atoms with Gasteiger partial charge in [-0.2, -0.15) is 0 Å². The second kappa shape index (κ2) is 7.94. The van der Waals surface area contributed by atoms with Gasteiger partial charge >= 0.3 is 0 Å². The lowest BCUT2D eigenvalue weighted by molar-refractivity contribution is -0.132. The molecular formula is C22H23F3N2O3S. The van der Waals surface area contributed by atoms with E-state index < -0.39 is 27.3 Å². The fourth-order valence-corrected chi connectivity index (χ4v) is 4.80. The summed E-state index contributed by atoms with van der Waals surface area (Å²) in [5, 5.41) is 0. The minimum absolute atomic E-state index is 0.0513. The Kier molecular flexibility index (Phi) is 5.59. The maximum absolute atomic E-state index is 14.9. The molecule has 4 rings (SSSR count). The molecular weight excluding hydrogens is 429 g/mol. The highest BCUT2D eigenvalue weighted by molar-refractivity contribution is 7.88. The molecule has 0 aromatic heterocycles. The van der Waals surface area contributed by atoms with E-state index >= 15 is 0 Å². The Morgan fingerprint density at radius 3 is 2.52 bits per heavy atom. The zero-order valence-corrected chi connectivity index (χ0v) is 17.8. The summed E-state index contributed by atoms with van der Waals surface area (Å²) in [6.07, 6.45) is 1.53. The van der Waals surface area contributed by atoms with Crippen LogP contribution in [0.15, 0.2) is 42.5 Å². The second-order valence-corrected chi connectivity index (χ2v) is 10.2. The van der Waals surface area contributed by atoms with E-state index in [1.54, 1.807) is 24.3 Å². The van der Waals surface area contributed by atoms with Gasteiger partial charge in [0.05, 0.1) is 18.4 Å². The number of carbonyl (C=O) groups excluding carboxylic acids is 1. The Balaban J connectivity index is 1.49. The maximum atomic E-state index is 14.9. The molecule has 1 heterocycles. The third-order valence-corrected chi connectivity index (χ3v) is 6.64. The van der Waals surface area contributed by atoms with Gasteiger partial charge in [-0.25, -0.2) is 26.3 Å². The van der Waals surface area contributed by atoms with E-state index in [2.05, 4.69) is 4.72 Å². The van der Waals surface area contributed by atoms with Crippen molar-refractivity contribution in [2.75, 3.05) is 25.9 Å². The van der Waals surface area contributed by atoms with Crippen LogP contribution in [0.2, 0.25) is 0 Å². The van der Waals surface area contributed by atoms with Crippen LogP contribution in [0.5, 0.6) is 0 Å². The number of hydrogen-bond donors (Lipinski definition) is 1. The quantitative estimate of drug-likeness (QED) is 0.732. The van der Waals surface area contributed by atoms with Gasteiger partial charge in [0, 0.05) is 25.4 Å². The third-order valence-electron chi connectivity index (χ3n) is 5.97. The van der Waals surface area contributed by atoms with Crippen molar-refractivity contribution < 1.29 is 26.4 Å². The lowest BCUT2D eigenvalue weighted by Crippen LogP contribution is -2.42. The van der Waals surface area contributed by atoms with E-state index in [0.717, 1.165) is 6.26 Å². The van der Waals surface area contributed by atoms with Crippen LogP contribution < -0.4 is 4.72 Å². The van der Waals surface area contributed by atoms with Crippen LogP contribution in [-0.4, -0.2) is 50.8 Å². The third kappa shape index (κ3) is 4.62. The predicted molar refractivity (Wildman–Crippen MR) is 111 cm³/mol. The van der Waals surface area contributed by atoms with Crippen LogP contribution in [0.4, 0.5) is 13.2 Å². The first-order chi connectivity index (χ1) is 14.6. The Bertz CT molecular complexity index is 1100. The van der Waals surface area contributed by atoms with Crippen LogP contribution in [0.1, 0.15) is 24.3 Å². The number of benzene rings is 2. The number of nitrogens with zero attached hydrogens (tertiary/aromatic N) is 1. The lowest BCUT2D eigenvalue weighted by atomic mass is 9.95. The first kappa shape index (κ1) is 21.8. The lowest BCUT2D eigenvalue weighted by Gasteiger charge is -2.21. The van der Waals surface area contributed by atoms with Gasteiger partial charge < -0.3 is 4.90 Å². The Morgan fingerprint density at radius 1 is 1.16 bits per heavy atom. The smallest absolute Gasteiger partial charge is 0.226 e. The van der Waals surface area contributed by atoms with E-state index in [9.17, 15) is 26.4 Å². The predicted octanol–water partition coefficient (Wildman–Crippen LogP) is 3.23. The standard InChI is InChI=1S/C22H23F3N2O3S/c1-31(29,30)26-12-22(25)9-10-27(13-22)21(28)17-11-16(17)14-5-2-3-6-15(14)20-18(23)7-4-8-19(20)24/h2-8,16-17,26H,9-13H2,1H3/t16-,17+,22+/m0/s1. The number of amides is 1. The van der Waals surface area contributed by atoms with Crippen molar-refractivity contribution in [2.24, 2.45) is 5.92 Å². The van der Waals surface area contributed by atoms with Crippen molar-refractivity contribution in [3.63, 3.8) is 0 Å². The number of likely N-dealkylation sites (tertiary alicyclic amines) is 1. The van der Waals surface area contributed by atoms with Gasteiger partial charge in [-0.05, 0) is 35.6 Å². The summed E-state index contributed by atoms with van der Waals surface area (Å²) in [6, 6.07) is 10.5. The van der Waals surface area contributed by atoms with E-state index in [1.807, 2.05) is 0 Å². The first-order valence-electron chi connectivity index (χ1n) is 10.0. The largest absolute Gasteiger partial charge is 0.339 e. The molecule has 31 heavy (non-hydrogen) atoms. The van der Waals surface area contributed by atoms with Gasteiger partial charge in [-0.15, -0.1) is 0 Å². The monoisotopic (exact) mass is 452 g/mol. The summed E-state index contributed by atoms with van der Waals surface area (Å²) in [6.45, 7) is -0.353. The Hall–Kier alpha value is -2.39. The highest BCUT2D eigenvalue weighted by atomic mass is 32.2. The topological polar surface area (TPSA) is 66.5 Å². The molecule has 1 N–H and O–H groups in total. The molecule has 1 saturated carbocycles. The summed E-state index contributed by atoms with van der Waals surface area (Å²) in [7, 11) is -3.53. The Morgan fingerprint density at radius 2 is 1.84 bits per heavy atom. The summed E-state index contributed by atoms with van der Waals surface area (Å²) < 4.78 is 68.3. The van der Waals surface area contributed by atoms with Gasteiger partial charge in [-0.1, -0.05) is 30.3 Å². The van der Waals surface area contributed by atoms with Crippen molar-refractivity contribution in [2.45, 2.75) is 24.4 Å². The molecule has 2 aliphatic rings. The SMILES string of the molecule is CS(=O)(=O)NC[C@]1(F)CCN(C(=O)[C@@H]2C[C@H]2c2ccccc2-c2c(F)cccc2F)C1. The number of nitrogens with one attached hydrogen (secondary N) is 1. The van der Waals surface area contributed by atoms with E-state index in [4.69, 9.17) is 0 Å². The maximum Gasteiger partial charge on any atom is 0.226 e. The molecule has 0 spiro atoms. The number of alkyl halides is 1. The van der Waals surface area contributed by atoms with Crippen LogP contribution >= 0.6 is 0 Å². The van der Waals surface area contributed by atoms with E-state index in [1.165, 1.54) is 23.1 Å². The molecule has 5 nitrogen and oxygen atoms in total. The molecule has 1 aliphatic carbocycles. The van der Waals surface area contributed by atoms with E-state index in [0.29, 0.717) is 17.5 Å². The molecule has 9 heteroatoms. The molecule has 1 aliphatic heterocycles. The second-order valence-electron chi connectivity index (χ2n) is 8.39. The molecule has 0 unspecified atom stereocenters. The van der Waals surface area contributed by atoms with Crippen LogP contribution in [0.3, 0.4) is 0 Å². The first-order valence-corrected chi connectivity index (χ1v) is 11.9. The number of sulfonamides is 1. The number of hydrogen-bond acceptors (Lipinski definition) is 3. The molecule has 3 atom stereocenters. The normalized spacial score (nSPS) is 25.6. The Labute approximate surface area is 179 Å². The van der Waals surface area contributed by atoms with Crippen LogP contribution in [0.25, 0.3) is 11.1 Å². The number of carbonyl (C=O) groups is 1. The molecule has 2 aromatic rings. The van der Waals surface area contributed by atoms with Crippen LogP contribution in [-0.2, 0) is 14.8 Å². The zero-order chi connectivity index (χ0) is 22.4. The van der Waals surface area contributed by atoms with Gasteiger partial charge in [-0.3, -0.25) is 4.79 Å². The van der Waals surface area contributed by atoms with Crippen molar-refractivity contribution >= 4 is 15.9 Å².